The molecule has 4 saturated heterocycles. The number of hydrazine groups is 1. The van der Waals surface area contributed by atoms with Crippen molar-refractivity contribution in [2.75, 3.05) is 51.4 Å². The lowest BCUT2D eigenvalue weighted by atomic mass is 9.81. The molecular formula is C25H33FN6O4. The van der Waals surface area contributed by atoms with E-state index < -0.39 is 23.8 Å². The van der Waals surface area contributed by atoms with Gasteiger partial charge in [-0.15, -0.1) is 0 Å². The second kappa shape index (κ2) is 10.3. The van der Waals surface area contributed by atoms with E-state index in [1.54, 1.807) is 11.0 Å². The van der Waals surface area contributed by atoms with Crippen molar-refractivity contribution in [3.63, 3.8) is 0 Å². The van der Waals surface area contributed by atoms with Crippen LogP contribution in [0.1, 0.15) is 35.2 Å². The molecule has 3 unspecified atom stereocenters. The highest BCUT2D eigenvalue weighted by Crippen LogP contribution is 2.41. The largest absolute Gasteiger partial charge is 0.378 e. The number of benzene rings is 1. The number of morpholine rings is 1. The van der Waals surface area contributed by atoms with Gasteiger partial charge in [-0.2, -0.15) is 5.26 Å². The molecule has 5 rings (SSSR count). The summed E-state index contributed by atoms with van der Waals surface area (Å²) in [4.78, 5) is 27.7. The summed E-state index contributed by atoms with van der Waals surface area (Å²) >= 11 is 0. The lowest BCUT2D eigenvalue weighted by Crippen LogP contribution is -2.65. The quantitative estimate of drug-likeness (QED) is 0.547. The molecule has 0 aromatic heterocycles. The summed E-state index contributed by atoms with van der Waals surface area (Å²) in [5, 5.41) is 17.7. The second-order valence-electron chi connectivity index (χ2n) is 9.96. The van der Waals surface area contributed by atoms with E-state index in [4.69, 9.17) is 9.47 Å². The number of nitrogens with zero attached hydrogens (tertiary/aromatic N) is 3. The van der Waals surface area contributed by atoms with Crippen LogP contribution in [0.5, 0.6) is 0 Å². The van der Waals surface area contributed by atoms with Gasteiger partial charge in [0.15, 0.2) is 0 Å². The van der Waals surface area contributed by atoms with Crippen LogP contribution in [0.15, 0.2) is 18.2 Å². The van der Waals surface area contributed by atoms with E-state index in [0.717, 1.165) is 11.3 Å². The number of hydrogen-bond donors (Lipinski definition) is 3. The van der Waals surface area contributed by atoms with Crippen molar-refractivity contribution in [1.82, 2.24) is 20.7 Å². The van der Waals surface area contributed by atoms with Gasteiger partial charge in [-0.25, -0.2) is 14.8 Å². The van der Waals surface area contributed by atoms with Gasteiger partial charge in [0, 0.05) is 43.5 Å². The van der Waals surface area contributed by atoms with Gasteiger partial charge >= 0.3 is 0 Å². The first-order chi connectivity index (χ1) is 17.4. The summed E-state index contributed by atoms with van der Waals surface area (Å²) in [6.45, 7) is 4.90. The van der Waals surface area contributed by atoms with Crippen LogP contribution in [-0.2, 0) is 14.3 Å². The summed E-state index contributed by atoms with van der Waals surface area (Å²) < 4.78 is 26.0. The van der Waals surface area contributed by atoms with Gasteiger partial charge < -0.3 is 25.0 Å². The lowest BCUT2D eigenvalue weighted by Gasteiger charge is -2.48. The first-order valence-corrected chi connectivity index (χ1v) is 12.6. The van der Waals surface area contributed by atoms with E-state index in [2.05, 4.69) is 22.1 Å². The first kappa shape index (κ1) is 24.9. The van der Waals surface area contributed by atoms with Crippen molar-refractivity contribution in [3.05, 3.63) is 29.3 Å². The second-order valence-corrected chi connectivity index (χ2v) is 9.96. The lowest BCUT2D eigenvalue weighted by molar-refractivity contribution is -0.133. The molecule has 4 fully saturated rings. The zero-order valence-corrected chi connectivity index (χ0v) is 20.5. The molecule has 11 heteroatoms. The number of piperidine rings is 1. The average Bonchev–Trinajstić information content (AvgIpc) is 3.26. The van der Waals surface area contributed by atoms with E-state index >= 15 is 4.39 Å². The molecule has 2 amide bonds. The van der Waals surface area contributed by atoms with E-state index in [1.165, 1.54) is 0 Å². The number of fused-ring (bicyclic) bond motifs is 1. The monoisotopic (exact) mass is 500 g/mol. The fraction of sp³-hybridized carbons (Fsp3) is 0.640. The summed E-state index contributed by atoms with van der Waals surface area (Å²) in [5.41, 5.74) is 4.52. The number of hydrogen-bond acceptors (Lipinski definition) is 8. The number of ether oxygens (including phenoxy) is 2. The zero-order valence-electron chi connectivity index (χ0n) is 20.5. The molecule has 0 saturated carbocycles. The first-order valence-electron chi connectivity index (χ1n) is 12.6. The number of anilines is 1. The third-order valence-electron chi connectivity index (χ3n) is 7.89. The highest BCUT2D eigenvalue weighted by atomic mass is 19.1. The number of halogens is 1. The van der Waals surface area contributed by atoms with Gasteiger partial charge in [-0.3, -0.25) is 9.59 Å². The summed E-state index contributed by atoms with van der Waals surface area (Å²) in [7, 11) is 0. The summed E-state index contributed by atoms with van der Waals surface area (Å²) in [5.74, 6) is -0.602. The number of carbonyl (C=O) groups excluding carboxylic acids is 2. The topological polar surface area (TPSA) is 119 Å². The predicted molar refractivity (Wildman–Crippen MR) is 128 cm³/mol. The molecule has 10 nitrogen and oxygen atoms in total. The third kappa shape index (κ3) is 4.43. The van der Waals surface area contributed by atoms with Crippen molar-refractivity contribution < 1.29 is 23.5 Å². The van der Waals surface area contributed by atoms with Crippen LogP contribution in [0.2, 0.25) is 0 Å². The number of nitrogens with one attached hydrogen (secondary N) is 3. The van der Waals surface area contributed by atoms with Crippen LogP contribution < -0.4 is 16.1 Å². The Kier molecular flexibility index (Phi) is 7.12. The Bertz CT molecular complexity index is 1040. The Balaban J connectivity index is 1.38. The van der Waals surface area contributed by atoms with Crippen molar-refractivity contribution in [1.29, 1.82) is 5.26 Å². The van der Waals surface area contributed by atoms with Gasteiger partial charge in [-0.05, 0) is 43.5 Å². The maximum atomic E-state index is 15.4. The minimum atomic E-state index is -1.35. The van der Waals surface area contributed by atoms with Gasteiger partial charge in [0.05, 0.1) is 43.8 Å². The van der Waals surface area contributed by atoms with Crippen LogP contribution in [0.4, 0.5) is 10.1 Å². The third-order valence-corrected chi connectivity index (χ3v) is 7.89. The van der Waals surface area contributed by atoms with Crippen molar-refractivity contribution in [3.8, 4) is 6.07 Å². The van der Waals surface area contributed by atoms with Crippen LogP contribution in [0.25, 0.3) is 0 Å². The molecule has 1 aromatic carbocycles. The molecule has 4 aliphatic rings. The number of aryl methyl sites for hydroxylation is 1. The molecular weight excluding hydrogens is 467 g/mol. The number of carbonyl (C=O) groups is 2. The molecule has 0 spiro atoms. The number of alkyl halides is 1. The Morgan fingerprint density at radius 3 is 2.83 bits per heavy atom. The Morgan fingerprint density at radius 2 is 2.11 bits per heavy atom. The smallest absolute Gasteiger partial charge is 0.254 e. The average molecular weight is 501 g/mol. The molecule has 0 radical (unpaired) electrons. The van der Waals surface area contributed by atoms with E-state index in [9.17, 15) is 14.9 Å². The molecule has 0 aliphatic carbocycles. The van der Waals surface area contributed by atoms with E-state index in [1.807, 2.05) is 24.1 Å². The Hall–Kier alpha value is -2.78. The van der Waals surface area contributed by atoms with Crippen molar-refractivity contribution in [2.24, 2.45) is 5.92 Å². The number of nitriles is 1. The van der Waals surface area contributed by atoms with Crippen LogP contribution in [0, 0.1) is 24.2 Å². The molecule has 1 aromatic rings. The standard InChI is InChI=1S/C25H33FN6O4/c1-16-14-17(2-3-18(16)24(34)31-9-12-35-13-10-31)29-22-21-19(4-8-28-23(21)33)32(30-22)25(5-7-27)6-11-36-15-20(25)26/h2-3,14,19-22,29-30H,4-6,8-13,15H2,1H3,(H,28,33)/t19?,20-,21?,22?,25+/m1/s1. The highest BCUT2D eigenvalue weighted by Gasteiger charge is 2.57. The minimum absolute atomic E-state index is 0.000454. The fourth-order valence-corrected chi connectivity index (χ4v) is 5.94. The van der Waals surface area contributed by atoms with Gasteiger partial charge in [0.2, 0.25) is 5.91 Å². The SMILES string of the molecule is Cc1cc(NC2NN([C@@]3(CC#N)CCOC[C@H]3F)C3CCNC(=O)C23)ccc1C(=O)N1CCOCC1. The van der Waals surface area contributed by atoms with Gasteiger partial charge in [0.25, 0.3) is 5.91 Å². The zero-order chi connectivity index (χ0) is 25.3. The fourth-order valence-electron chi connectivity index (χ4n) is 5.94. The van der Waals surface area contributed by atoms with E-state index in [-0.39, 0.29) is 30.9 Å². The minimum Gasteiger partial charge on any atom is -0.378 e. The summed E-state index contributed by atoms with van der Waals surface area (Å²) in [6.07, 6.45) is -0.839. The maximum Gasteiger partial charge on any atom is 0.254 e. The Labute approximate surface area is 210 Å². The Morgan fingerprint density at radius 1 is 1.31 bits per heavy atom. The van der Waals surface area contributed by atoms with Crippen LogP contribution in [-0.4, -0.2) is 91.7 Å². The van der Waals surface area contributed by atoms with Crippen LogP contribution >= 0.6 is 0 Å². The molecule has 4 aliphatic heterocycles. The van der Waals surface area contributed by atoms with Crippen molar-refractivity contribution in [2.45, 2.75) is 50.1 Å². The van der Waals surface area contributed by atoms with Gasteiger partial charge in [0.1, 0.15) is 12.3 Å². The molecule has 4 heterocycles. The molecule has 194 valence electrons. The van der Waals surface area contributed by atoms with Crippen molar-refractivity contribution >= 4 is 17.5 Å². The molecule has 0 bridgehead atoms. The molecule has 3 N–H and O–H groups in total. The molecule has 5 atom stereocenters. The molecule has 36 heavy (non-hydrogen) atoms. The van der Waals surface area contributed by atoms with Crippen LogP contribution in [0.3, 0.4) is 0 Å². The maximum absolute atomic E-state index is 15.4. The summed E-state index contributed by atoms with van der Waals surface area (Å²) in [6, 6.07) is 7.43. The predicted octanol–water partition coefficient (Wildman–Crippen LogP) is 0.941. The highest BCUT2D eigenvalue weighted by molar-refractivity contribution is 5.96. The normalized spacial score (nSPS) is 32.9. The van der Waals surface area contributed by atoms with Gasteiger partial charge in [-0.1, -0.05) is 0 Å². The number of amides is 2. The van der Waals surface area contributed by atoms with E-state index in [0.29, 0.717) is 57.9 Å². The number of rotatable bonds is 5.